The molecule has 0 aromatic heterocycles. The molecule has 2 fully saturated rings. The Kier molecular flexibility index (Phi) is 3.92. The summed E-state index contributed by atoms with van der Waals surface area (Å²) in [6, 6.07) is 8.59. The lowest BCUT2D eigenvalue weighted by Gasteiger charge is -2.25. The Bertz CT molecular complexity index is 488. The lowest BCUT2D eigenvalue weighted by molar-refractivity contribution is -0.117. The van der Waals surface area contributed by atoms with Crippen molar-refractivity contribution in [1.29, 1.82) is 0 Å². The molecule has 4 nitrogen and oxygen atoms in total. The predicted molar refractivity (Wildman–Crippen MR) is 81.8 cm³/mol. The van der Waals surface area contributed by atoms with E-state index in [2.05, 4.69) is 11.4 Å². The predicted octanol–water partition coefficient (Wildman–Crippen LogP) is 2.35. The highest BCUT2D eigenvalue weighted by Crippen LogP contribution is 2.33. The van der Waals surface area contributed by atoms with Crippen LogP contribution in [0.3, 0.4) is 0 Å². The average Bonchev–Trinajstić information content (AvgIpc) is 3.08. The van der Waals surface area contributed by atoms with Crippen LogP contribution in [0.4, 0.5) is 11.4 Å². The SMILES string of the molecule is NCC1CCCC1Nc1ccccc1N1CCCC1=O. The lowest BCUT2D eigenvalue weighted by atomic mass is 10.0. The molecule has 0 radical (unpaired) electrons. The van der Waals surface area contributed by atoms with Gasteiger partial charge in [0.05, 0.1) is 11.4 Å². The van der Waals surface area contributed by atoms with Gasteiger partial charge in [-0.05, 0) is 43.9 Å². The number of nitrogens with zero attached hydrogens (tertiary/aromatic N) is 1. The maximum Gasteiger partial charge on any atom is 0.227 e. The second kappa shape index (κ2) is 5.83. The first-order chi connectivity index (χ1) is 9.79. The van der Waals surface area contributed by atoms with Crippen molar-refractivity contribution in [2.24, 2.45) is 11.7 Å². The van der Waals surface area contributed by atoms with E-state index in [4.69, 9.17) is 5.73 Å². The number of nitrogens with two attached hydrogens (primary N) is 1. The van der Waals surface area contributed by atoms with Crippen LogP contribution in [0.25, 0.3) is 0 Å². The molecule has 0 bridgehead atoms. The zero-order chi connectivity index (χ0) is 13.9. The summed E-state index contributed by atoms with van der Waals surface area (Å²) in [5, 5.41) is 3.63. The molecule has 1 heterocycles. The molecule has 2 unspecified atom stereocenters. The number of rotatable bonds is 4. The van der Waals surface area contributed by atoms with Crippen LogP contribution in [0, 0.1) is 5.92 Å². The molecule has 2 aliphatic rings. The highest BCUT2D eigenvalue weighted by atomic mass is 16.2. The van der Waals surface area contributed by atoms with E-state index in [-0.39, 0.29) is 5.91 Å². The molecule has 1 saturated carbocycles. The number of para-hydroxylation sites is 2. The van der Waals surface area contributed by atoms with Gasteiger partial charge in [0.1, 0.15) is 0 Å². The van der Waals surface area contributed by atoms with Crippen molar-refractivity contribution in [3.8, 4) is 0 Å². The van der Waals surface area contributed by atoms with Crippen molar-refractivity contribution in [3.05, 3.63) is 24.3 Å². The molecule has 20 heavy (non-hydrogen) atoms. The van der Waals surface area contributed by atoms with Crippen molar-refractivity contribution in [3.63, 3.8) is 0 Å². The lowest BCUT2D eigenvalue weighted by Crippen LogP contribution is -2.31. The van der Waals surface area contributed by atoms with E-state index in [1.165, 1.54) is 19.3 Å². The van der Waals surface area contributed by atoms with Crippen LogP contribution in [0.2, 0.25) is 0 Å². The van der Waals surface area contributed by atoms with E-state index >= 15 is 0 Å². The van der Waals surface area contributed by atoms with E-state index in [0.29, 0.717) is 18.4 Å². The molecule has 1 amide bonds. The van der Waals surface area contributed by atoms with Gasteiger partial charge in [-0.3, -0.25) is 4.79 Å². The van der Waals surface area contributed by atoms with Crippen molar-refractivity contribution in [2.45, 2.75) is 38.1 Å². The minimum absolute atomic E-state index is 0.237. The van der Waals surface area contributed by atoms with E-state index in [1.807, 2.05) is 23.1 Å². The average molecular weight is 273 g/mol. The molecule has 1 aromatic carbocycles. The first kappa shape index (κ1) is 13.4. The van der Waals surface area contributed by atoms with Crippen molar-refractivity contribution < 1.29 is 4.79 Å². The number of anilines is 2. The number of carbonyl (C=O) groups is 1. The van der Waals surface area contributed by atoms with Gasteiger partial charge in [0.25, 0.3) is 0 Å². The number of nitrogens with one attached hydrogen (secondary N) is 1. The van der Waals surface area contributed by atoms with Crippen LogP contribution in [0.5, 0.6) is 0 Å². The standard InChI is InChI=1S/C16H23N3O/c17-11-12-5-3-7-13(12)18-14-6-1-2-8-15(14)19-10-4-9-16(19)20/h1-2,6,8,12-13,18H,3-5,7,9-11,17H2. The summed E-state index contributed by atoms with van der Waals surface area (Å²) in [5.41, 5.74) is 7.96. The Labute approximate surface area is 120 Å². The second-order valence-corrected chi connectivity index (χ2v) is 5.84. The molecule has 4 heteroatoms. The molecule has 1 aliphatic heterocycles. The molecule has 2 atom stereocenters. The van der Waals surface area contributed by atoms with E-state index in [0.717, 1.165) is 30.9 Å². The van der Waals surface area contributed by atoms with Gasteiger partial charge in [-0.2, -0.15) is 0 Å². The Morgan fingerprint density at radius 3 is 2.85 bits per heavy atom. The van der Waals surface area contributed by atoms with Crippen LogP contribution in [-0.4, -0.2) is 25.0 Å². The molecule has 3 rings (SSSR count). The summed E-state index contributed by atoms with van der Waals surface area (Å²) in [6.07, 6.45) is 5.25. The third-order valence-electron chi connectivity index (χ3n) is 4.57. The number of hydrogen-bond donors (Lipinski definition) is 2. The Balaban J connectivity index is 1.81. The summed E-state index contributed by atoms with van der Waals surface area (Å²) < 4.78 is 0. The summed E-state index contributed by atoms with van der Waals surface area (Å²) in [7, 11) is 0. The fourth-order valence-electron chi connectivity index (χ4n) is 3.44. The van der Waals surface area contributed by atoms with Crippen molar-refractivity contribution in [2.75, 3.05) is 23.3 Å². The maximum absolute atomic E-state index is 12.0. The monoisotopic (exact) mass is 273 g/mol. The summed E-state index contributed by atoms with van der Waals surface area (Å²) >= 11 is 0. The Hall–Kier alpha value is -1.55. The molecule has 3 N–H and O–H groups in total. The van der Waals surface area contributed by atoms with Crippen LogP contribution >= 0.6 is 0 Å². The molecule has 1 aromatic rings. The second-order valence-electron chi connectivity index (χ2n) is 5.84. The molecule has 1 saturated heterocycles. The number of carbonyl (C=O) groups excluding carboxylic acids is 1. The van der Waals surface area contributed by atoms with E-state index in [1.54, 1.807) is 0 Å². The van der Waals surface area contributed by atoms with Gasteiger partial charge >= 0.3 is 0 Å². The first-order valence-corrected chi connectivity index (χ1v) is 7.65. The fraction of sp³-hybridized carbons (Fsp3) is 0.562. The third kappa shape index (κ3) is 2.52. The van der Waals surface area contributed by atoms with Gasteiger partial charge in [-0.15, -0.1) is 0 Å². The van der Waals surface area contributed by atoms with Gasteiger partial charge < -0.3 is 16.0 Å². The summed E-state index contributed by atoms with van der Waals surface area (Å²) in [6.45, 7) is 1.57. The van der Waals surface area contributed by atoms with Crippen LogP contribution in [-0.2, 0) is 4.79 Å². The van der Waals surface area contributed by atoms with E-state index < -0.39 is 0 Å². The zero-order valence-corrected chi connectivity index (χ0v) is 11.8. The fourth-order valence-corrected chi connectivity index (χ4v) is 3.44. The summed E-state index contributed by atoms with van der Waals surface area (Å²) in [4.78, 5) is 13.9. The van der Waals surface area contributed by atoms with Gasteiger partial charge in [0.2, 0.25) is 5.91 Å². The maximum atomic E-state index is 12.0. The van der Waals surface area contributed by atoms with E-state index in [9.17, 15) is 4.79 Å². The minimum Gasteiger partial charge on any atom is -0.380 e. The number of hydrogen-bond acceptors (Lipinski definition) is 3. The molecule has 108 valence electrons. The molecular formula is C16H23N3O. The molecule has 1 aliphatic carbocycles. The van der Waals surface area contributed by atoms with Gasteiger partial charge in [-0.1, -0.05) is 18.6 Å². The number of amides is 1. The minimum atomic E-state index is 0.237. The van der Waals surface area contributed by atoms with Gasteiger partial charge in [0, 0.05) is 19.0 Å². The van der Waals surface area contributed by atoms with Crippen LogP contribution < -0.4 is 16.0 Å². The van der Waals surface area contributed by atoms with Crippen LogP contribution in [0.15, 0.2) is 24.3 Å². The smallest absolute Gasteiger partial charge is 0.227 e. The normalized spacial score (nSPS) is 26.2. The quantitative estimate of drug-likeness (QED) is 0.885. The Morgan fingerprint density at radius 1 is 1.25 bits per heavy atom. The first-order valence-electron chi connectivity index (χ1n) is 7.65. The highest BCUT2D eigenvalue weighted by Gasteiger charge is 2.28. The topological polar surface area (TPSA) is 58.4 Å². The van der Waals surface area contributed by atoms with Crippen molar-refractivity contribution >= 4 is 17.3 Å². The Morgan fingerprint density at radius 2 is 2.10 bits per heavy atom. The molecule has 0 spiro atoms. The molecular weight excluding hydrogens is 250 g/mol. The van der Waals surface area contributed by atoms with Crippen molar-refractivity contribution in [1.82, 2.24) is 0 Å². The highest BCUT2D eigenvalue weighted by molar-refractivity contribution is 5.98. The zero-order valence-electron chi connectivity index (χ0n) is 11.8. The van der Waals surface area contributed by atoms with Gasteiger partial charge in [-0.25, -0.2) is 0 Å². The third-order valence-corrected chi connectivity index (χ3v) is 4.57. The number of benzene rings is 1. The largest absolute Gasteiger partial charge is 0.380 e. The van der Waals surface area contributed by atoms with Gasteiger partial charge in [0.15, 0.2) is 0 Å². The van der Waals surface area contributed by atoms with Crippen LogP contribution in [0.1, 0.15) is 32.1 Å². The summed E-state index contributed by atoms with van der Waals surface area (Å²) in [5.74, 6) is 0.790.